The van der Waals surface area contributed by atoms with Gasteiger partial charge in [0.2, 0.25) is 0 Å². The second kappa shape index (κ2) is 75.5. The van der Waals surface area contributed by atoms with Gasteiger partial charge in [-0.1, -0.05) is 395 Å². The van der Waals surface area contributed by atoms with Crippen molar-refractivity contribution in [3.8, 4) is 0 Å². The summed E-state index contributed by atoms with van der Waals surface area (Å²) in [7, 11) is -9.93. The van der Waals surface area contributed by atoms with Crippen molar-refractivity contribution in [3.05, 3.63) is 0 Å². The Morgan fingerprint density at radius 2 is 0.495 bits per heavy atom. The predicted octanol–water partition coefficient (Wildman–Crippen LogP) is 25.5. The largest absolute Gasteiger partial charge is 0.472 e. The summed E-state index contributed by atoms with van der Waals surface area (Å²) in [6, 6.07) is 0. The van der Waals surface area contributed by atoms with Gasteiger partial charge in [-0.3, -0.25) is 37.3 Å². The summed E-state index contributed by atoms with van der Waals surface area (Å²) in [6.45, 7) is 9.75. The molecule has 0 radical (unpaired) electrons. The molecule has 0 aliphatic heterocycles. The molecule has 0 fully saturated rings. The monoisotopic (exact) mass is 1510 g/mol. The highest BCUT2D eigenvalue weighted by Gasteiger charge is 2.30. The molecule has 612 valence electrons. The average Bonchev–Trinajstić information content (AvgIpc) is 0.930. The lowest BCUT2D eigenvalue weighted by molar-refractivity contribution is -0.161. The van der Waals surface area contributed by atoms with Crippen molar-refractivity contribution in [1.82, 2.24) is 0 Å². The molecular formula is C84H164O17P2. The molecular weight excluding hydrogens is 1340 g/mol. The first kappa shape index (κ1) is 101. The van der Waals surface area contributed by atoms with Gasteiger partial charge in [0, 0.05) is 25.7 Å². The lowest BCUT2D eigenvalue weighted by Gasteiger charge is -2.21. The van der Waals surface area contributed by atoms with E-state index in [0.29, 0.717) is 25.7 Å². The Morgan fingerprint density at radius 1 is 0.282 bits per heavy atom. The number of aliphatic hydroxyl groups excluding tert-OH is 1. The molecule has 0 bridgehead atoms. The first-order valence-corrected chi connectivity index (χ1v) is 46.5. The molecule has 0 aromatic carbocycles. The standard InChI is InChI=1S/C84H164O17P2/c1-7-10-12-14-16-18-20-22-24-32-38-44-50-56-62-68-83(88)100-79(72-94-81(86)66-60-54-48-42-36-21-19-17-15-13-11-8-2)74-98-102(90,91)96-70-78(85)71-97-103(92,93)99-75-80(101-84(89)69-63-57-51-45-39-33-26-23-25-29-34-40-46-52-58-64-76(4)5)73-95-82(87)67-61-55-49-43-37-31-28-27-30-35-41-47-53-59-65-77(6)9-3/h76-80,85H,7-75H2,1-6H3,(H,90,91)(H,92,93)/t77?,78-,79+,80+/m0/s1. The van der Waals surface area contributed by atoms with Gasteiger partial charge in [-0.15, -0.1) is 0 Å². The van der Waals surface area contributed by atoms with E-state index in [1.165, 1.54) is 263 Å². The first-order chi connectivity index (χ1) is 49.9. The number of carbonyl (C=O) groups excluding carboxylic acids is 4. The van der Waals surface area contributed by atoms with Crippen LogP contribution in [0, 0.1) is 11.8 Å². The zero-order valence-electron chi connectivity index (χ0n) is 67.6. The maximum atomic E-state index is 13.1. The highest BCUT2D eigenvalue weighted by Crippen LogP contribution is 2.45. The number of esters is 4. The van der Waals surface area contributed by atoms with Crippen molar-refractivity contribution in [2.45, 2.75) is 464 Å². The van der Waals surface area contributed by atoms with Crippen molar-refractivity contribution in [2.24, 2.45) is 11.8 Å². The first-order valence-electron chi connectivity index (χ1n) is 43.5. The average molecular weight is 1510 g/mol. The van der Waals surface area contributed by atoms with Crippen molar-refractivity contribution >= 4 is 39.5 Å². The van der Waals surface area contributed by atoms with Crippen molar-refractivity contribution in [1.29, 1.82) is 0 Å². The summed E-state index contributed by atoms with van der Waals surface area (Å²) in [5.74, 6) is -0.449. The summed E-state index contributed by atoms with van der Waals surface area (Å²) in [4.78, 5) is 73.2. The molecule has 0 rings (SSSR count). The van der Waals surface area contributed by atoms with Crippen LogP contribution in [0.5, 0.6) is 0 Å². The van der Waals surface area contributed by atoms with Crippen LogP contribution in [-0.2, 0) is 65.4 Å². The molecule has 3 unspecified atom stereocenters. The number of aliphatic hydroxyl groups is 1. The smallest absolute Gasteiger partial charge is 0.462 e. The Bertz CT molecular complexity index is 1980. The number of phosphoric acid groups is 2. The topological polar surface area (TPSA) is 237 Å². The Kier molecular flexibility index (Phi) is 74.1. The summed E-state index contributed by atoms with van der Waals surface area (Å²) in [5, 5.41) is 10.7. The third-order valence-corrected chi connectivity index (χ3v) is 22.0. The Labute approximate surface area is 632 Å². The minimum absolute atomic E-state index is 0.108. The molecule has 19 heteroatoms. The van der Waals surface area contributed by atoms with E-state index >= 15 is 0 Å². The van der Waals surface area contributed by atoms with Crippen LogP contribution in [0.4, 0.5) is 0 Å². The van der Waals surface area contributed by atoms with Gasteiger partial charge in [0.15, 0.2) is 12.2 Å². The number of ether oxygens (including phenoxy) is 4. The number of carbonyl (C=O) groups is 4. The molecule has 0 heterocycles. The minimum Gasteiger partial charge on any atom is -0.462 e. The molecule has 0 saturated carbocycles. The van der Waals surface area contributed by atoms with Crippen molar-refractivity contribution in [2.75, 3.05) is 39.6 Å². The maximum absolute atomic E-state index is 13.1. The predicted molar refractivity (Wildman–Crippen MR) is 423 cm³/mol. The molecule has 0 aliphatic rings. The van der Waals surface area contributed by atoms with E-state index in [1.54, 1.807) is 0 Å². The fraction of sp³-hybridized carbons (Fsp3) is 0.952. The Hall–Kier alpha value is -1.94. The molecule has 0 aromatic heterocycles. The van der Waals surface area contributed by atoms with Gasteiger partial charge in [-0.25, -0.2) is 9.13 Å². The van der Waals surface area contributed by atoms with E-state index in [-0.39, 0.29) is 25.7 Å². The van der Waals surface area contributed by atoms with Gasteiger partial charge in [-0.05, 0) is 37.5 Å². The summed E-state index contributed by atoms with van der Waals surface area (Å²) in [6.07, 6.45) is 66.4. The van der Waals surface area contributed by atoms with Crippen molar-refractivity contribution < 1.29 is 80.2 Å². The fourth-order valence-electron chi connectivity index (χ4n) is 13.0. The van der Waals surface area contributed by atoms with E-state index in [9.17, 15) is 43.2 Å². The fourth-order valence-corrected chi connectivity index (χ4v) is 14.6. The van der Waals surface area contributed by atoms with E-state index in [1.807, 2.05) is 0 Å². The maximum Gasteiger partial charge on any atom is 0.472 e. The molecule has 0 spiro atoms. The number of unbranched alkanes of at least 4 members (excludes halogenated alkanes) is 52. The quantitative estimate of drug-likeness (QED) is 0.0222. The van der Waals surface area contributed by atoms with E-state index < -0.39 is 97.5 Å². The van der Waals surface area contributed by atoms with Crippen LogP contribution in [0.15, 0.2) is 0 Å². The third kappa shape index (κ3) is 76.6. The molecule has 6 atom stereocenters. The van der Waals surface area contributed by atoms with Crippen LogP contribution in [0.2, 0.25) is 0 Å². The minimum atomic E-state index is -4.96. The van der Waals surface area contributed by atoms with Gasteiger partial charge in [0.1, 0.15) is 19.3 Å². The summed E-state index contributed by atoms with van der Waals surface area (Å²) >= 11 is 0. The highest BCUT2D eigenvalue weighted by atomic mass is 31.2. The van der Waals surface area contributed by atoms with Crippen LogP contribution in [0.25, 0.3) is 0 Å². The molecule has 0 aliphatic carbocycles. The molecule has 0 amide bonds. The highest BCUT2D eigenvalue weighted by molar-refractivity contribution is 7.47. The Balaban J connectivity index is 5.26. The van der Waals surface area contributed by atoms with Gasteiger partial charge < -0.3 is 33.8 Å². The number of hydrogen-bond donors (Lipinski definition) is 3. The molecule has 17 nitrogen and oxygen atoms in total. The molecule has 103 heavy (non-hydrogen) atoms. The van der Waals surface area contributed by atoms with Crippen LogP contribution in [0.3, 0.4) is 0 Å². The lowest BCUT2D eigenvalue weighted by Crippen LogP contribution is -2.30. The van der Waals surface area contributed by atoms with Gasteiger partial charge in [-0.2, -0.15) is 0 Å². The lowest BCUT2D eigenvalue weighted by atomic mass is 9.99. The Morgan fingerprint density at radius 3 is 0.738 bits per heavy atom. The molecule has 3 N–H and O–H groups in total. The molecule has 0 aromatic rings. The zero-order chi connectivity index (χ0) is 75.6. The normalized spacial score (nSPS) is 14.1. The third-order valence-electron chi connectivity index (χ3n) is 20.1. The second-order valence-electron chi connectivity index (χ2n) is 30.9. The van der Waals surface area contributed by atoms with Gasteiger partial charge >= 0.3 is 39.5 Å². The molecule has 0 saturated heterocycles. The van der Waals surface area contributed by atoms with Crippen LogP contribution in [0.1, 0.15) is 446 Å². The van der Waals surface area contributed by atoms with Crippen LogP contribution >= 0.6 is 15.6 Å². The van der Waals surface area contributed by atoms with E-state index in [2.05, 4.69) is 41.5 Å². The number of hydrogen-bond acceptors (Lipinski definition) is 15. The van der Waals surface area contributed by atoms with Crippen LogP contribution < -0.4 is 0 Å². The second-order valence-corrected chi connectivity index (χ2v) is 33.8. The summed E-state index contributed by atoms with van der Waals surface area (Å²) < 4.78 is 68.9. The van der Waals surface area contributed by atoms with E-state index in [0.717, 1.165) is 102 Å². The van der Waals surface area contributed by atoms with Gasteiger partial charge in [0.05, 0.1) is 26.4 Å². The SMILES string of the molecule is CCCCCCCCCCCCCCCCCC(=O)O[C@H](COC(=O)CCCCCCCCCCCCCC)COP(=O)(O)OC[C@H](O)COP(=O)(O)OC[C@@H](COC(=O)CCCCCCCCCCCCCCCCC(C)CC)OC(=O)CCCCCCCCCCCCCCCCCC(C)C. The van der Waals surface area contributed by atoms with E-state index in [4.69, 9.17) is 37.0 Å². The number of rotatable bonds is 83. The van der Waals surface area contributed by atoms with Crippen LogP contribution in [-0.4, -0.2) is 96.7 Å². The van der Waals surface area contributed by atoms with Crippen molar-refractivity contribution in [3.63, 3.8) is 0 Å². The van der Waals surface area contributed by atoms with Gasteiger partial charge in [0.25, 0.3) is 0 Å². The zero-order valence-corrected chi connectivity index (χ0v) is 69.4. The summed E-state index contributed by atoms with van der Waals surface area (Å²) in [5.41, 5.74) is 0. The number of phosphoric ester groups is 2.